The van der Waals surface area contributed by atoms with E-state index in [1.165, 1.54) is 18.3 Å². The molecule has 1 N–H and O–H groups in total. The molecular weight excluding hydrogens is 172 g/mol. The predicted octanol–water partition coefficient (Wildman–Crippen LogP) is 0.279. The lowest BCUT2D eigenvalue weighted by Gasteiger charge is -2.10. The Labute approximate surface area is 74.6 Å². The van der Waals surface area contributed by atoms with Crippen molar-refractivity contribution in [1.29, 1.82) is 0 Å². The van der Waals surface area contributed by atoms with Gasteiger partial charge in [-0.25, -0.2) is 9.48 Å². The van der Waals surface area contributed by atoms with Gasteiger partial charge in [0.2, 0.25) is 0 Å². The summed E-state index contributed by atoms with van der Waals surface area (Å²) in [5, 5.41) is 12.4. The van der Waals surface area contributed by atoms with E-state index in [0.717, 1.165) is 4.68 Å². The number of rotatable bonds is 3. The van der Waals surface area contributed by atoms with Crippen LogP contribution < -0.4 is 5.56 Å². The summed E-state index contributed by atoms with van der Waals surface area (Å²) in [6, 6.07) is 1.90. The summed E-state index contributed by atoms with van der Waals surface area (Å²) in [4.78, 5) is 21.8. The molecule has 1 unspecified atom stereocenters. The summed E-state index contributed by atoms with van der Waals surface area (Å²) in [6.45, 7) is 1.69. The zero-order valence-electron chi connectivity index (χ0n) is 7.17. The Morgan fingerprint density at radius 1 is 1.77 bits per heavy atom. The molecule has 1 heterocycles. The first-order valence-corrected chi connectivity index (χ1v) is 3.93. The largest absolute Gasteiger partial charge is 0.480 e. The summed E-state index contributed by atoms with van der Waals surface area (Å²) in [7, 11) is 0. The Morgan fingerprint density at radius 2 is 2.46 bits per heavy atom. The quantitative estimate of drug-likeness (QED) is 0.728. The van der Waals surface area contributed by atoms with Crippen molar-refractivity contribution in [2.75, 3.05) is 0 Å². The van der Waals surface area contributed by atoms with E-state index in [4.69, 9.17) is 5.11 Å². The Morgan fingerprint density at radius 3 is 2.92 bits per heavy atom. The van der Waals surface area contributed by atoms with Gasteiger partial charge in [-0.3, -0.25) is 4.79 Å². The smallest absolute Gasteiger partial charge is 0.328 e. The lowest BCUT2D eigenvalue weighted by molar-refractivity contribution is -0.141. The van der Waals surface area contributed by atoms with E-state index in [-0.39, 0.29) is 0 Å². The van der Waals surface area contributed by atoms with E-state index in [2.05, 4.69) is 5.10 Å². The molecule has 5 nitrogen and oxygen atoms in total. The molecular formula is C8H10N2O3. The average molecular weight is 182 g/mol. The van der Waals surface area contributed by atoms with E-state index < -0.39 is 17.6 Å². The molecule has 0 aliphatic rings. The molecule has 70 valence electrons. The first kappa shape index (κ1) is 9.44. The van der Waals surface area contributed by atoms with Crippen LogP contribution >= 0.6 is 0 Å². The van der Waals surface area contributed by atoms with Gasteiger partial charge in [0, 0.05) is 12.3 Å². The second kappa shape index (κ2) is 3.84. The predicted molar refractivity (Wildman–Crippen MR) is 45.5 cm³/mol. The van der Waals surface area contributed by atoms with Crippen molar-refractivity contribution in [3.05, 3.63) is 28.7 Å². The molecule has 0 spiro atoms. The number of hydrogen-bond donors (Lipinski definition) is 1. The topological polar surface area (TPSA) is 72.2 Å². The van der Waals surface area contributed by atoms with Gasteiger partial charge in [0.1, 0.15) is 0 Å². The molecule has 0 bridgehead atoms. The Balaban J connectivity index is 3.12. The lowest BCUT2D eigenvalue weighted by Crippen LogP contribution is -2.30. The second-order valence-electron chi connectivity index (χ2n) is 2.57. The molecule has 13 heavy (non-hydrogen) atoms. The molecule has 0 aliphatic heterocycles. The molecule has 1 rings (SSSR count). The first-order chi connectivity index (χ1) is 6.16. The maximum absolute atomic E-state index is 11.2. The van der Waals surface area contributed by atoms with Gasteiger partial charge in [0.15, 0.2) is 6.04 Å². The zero-order valence-corrected chi connectivity index (χ0v) is 7.17. The van der Waals surface area contributed by atoms with E-state index in [9.17, 15) is 9.59 Å². The van der Waals surface area contributed by atoms with Crippen LogP contribution in [-0.2, 0) is 4.79 Å². The number of aromatic nitrogens is 2. The SMILES string of the molecule is CCC(C(=O)O)n1ncccc1=O. The van der Waals surface area contributed by atoms with Crippen molar-refractivity contribution < 1.29 is 9.90 Å². The van der Waals surface area contributed by atoms with Gasteiger partial charge in [-0.2, -0.15) is 5.10 Å². The molecule has 1 aromatic rings. The minimum absolute atomic E-state index is 0.340. The number of carbonyl (C=O) groups is 1. The van der Waals surface area contributed by atoms with Gasteiger partial charge >= 0.3 is 5.97 Å². The Kier molecular flexibility index (Phi) is 2.79. The maximum atomic E-state index is 11.2. The summed E-state index contributed by atoms with van der Waals surface area (Å²) in [6.07, 6.45) is 1.74. The Hall–Kier alpha value is -1.65. The third kappa shape index (κ3) is 1.93. The fraction of sp³-hybridized carbons (Fsp3) is 0.375. The molecule has 0 radical (unpaired) electrons. The number of aliphatic carboxylic acids is 1. The average Bonchev–Trinajstić information content (AvgIpc) is 2.09. The van der Waals surface area contributed by atoms with Gasteiger partial charge in [-0.15, -0.1) is 0 Å². The molecule has 0 aromatic carbocycles. The molecule has 0 amide bonds. The number of hydrogen-bond acceptors (Lipinski definition) is 3. The molecule has 0 aliphatic carbocycles. The fourth-order valence-electron chi connectivity index (χ4n) is 1.06. The molecule has 1 atom stereocenters. The van der Waals surface area contributed by atoms with Crippen molar-refractivity contribution >= 4 is 5.97 Å². The normalized spacial score (nSPS) is 12.4. The number of carboxylic acids is 1. The zero-order chi connectivity index (χ0) is 9.84. The van der Waals surface area contributed by atoms with Gasteiger partial charge in [-0.05, 0) is 12.5 Å². The van der Waals surface area contributed by atoms with Crippen LogP contribution in [0.1, 0.15) is 19.4 Å². The van der Waals surface area contributed by atoms with E-state index in [1.807, 2.05) is 0 Å². The van der Waals surface area contributed by atoms with Crippen LogP contribution in [0.4, 0.5) is 0 Å². The molecule has 0 saturated carbocycles. The standard InChI is InChI=1S/C8H10N2O3/c1-2-6(8(12)13)10-7(11)4-3-5-9-10/h3-6H,2H2,1H3,(H,12,13). The minimum atomic E-state index is -1.04. The van der Waals surface area contributed by atoms with Gasteiger partial charge in [0.25, 0.3) is 5.56 Å². The van der Waals surface area contributed by atoms with E-state index in [0.29, 0.717) is 6.42 Å². The monoisotopic (exact) mass is 182 g/mol. The van der Waals surface area contributed by atoms with Crippen LogP contribution in [-0.4, -0.2) is 20.9 Å². The third-order valence-corrected chi connectivity index (χ3v) is 1.71. The van der Waals surface area contributed by atoms with E-state index in [1.54, 1.807) is 6.92 Å². The van der Waals surface area contributed by atoms with Gasteiger partial charge in [-0.1, -0.05) is 6.92 Å². The highest BCUT2D eigenvalue weighted by atomic mass is 16.4. The highest BCUT2D eigenvalue weighted by Gasteiger charge is 2.18. The van der Waals surface area contributed by atoms with Gasteiger partial charge in [0.05, 0.1) is 0 Å². The number of nitrogens with zero attached hydrogens (tertiary/aromatic N) is 2. The van der Waals surface area contributed by atoms with Crippen molar-refractivity contribution in [1.82, 2.24) is 9.78 Å². The summed E-state index contributed by atoms with van der Waals surface area (Å²) >= 11 is 0. The molecule has 0 saturated heterocycles. The first-order valence-electron chi connectivity index (χ1n) is 3.93. The van der Waals surface area contributed by atoms with Crippen LogP contribution in [0.25, 0.3) is 0 Å². The van der Waals surface area contributed by atoms with Crippen molar-refractivity contribution in [3.63, 3.8) is 0 Å². The molecule has 5 heteroatoms. The number of carboxylic acid groups (broad SMARTS) is 1. The van der Waals surface area contributed by atoms with E-state index >= 15 is 0 Å². The summed E-state index contributed by atoms with van der Waals surface area (Å²) in [5.74, 6) is -1.04. The minimum Gasteiger partial charge on any atom is -0.480 e. The lowest BCUT2D eigenvalue weighted by atomic mass is 10.2. The van der Waals surface area contributed by atoms with Crippen LogP contribution in [0.5, 0.6) is 0 Å². The fourth-order valence-corrected chi connectivity index (χ4v) is 1.06. The highest BCUT2D eigenvalue weighted by Crippen LogP contribution is 2.05. The summed E-state index contributed by atoms with van der Waals surface area (Å²) < 4.78 is 0.975. The van der Waals surface area contributed by atoms with Crippen LogP contribution in [0.3, 0.4) is 0 Å². The van der Waals surface area contributed by atoms with Crippen LogP contribution in [0.2, 0.25) is 0 Å². The van der Waals surface area contributed by atoms with Crippen LogP contribution in [0, 0.1) is 0 Å². The third-order valence-electron chi connectivity index (χ3n) is 1.71. The van der Waals surface area contributed by atoms with Crippen LogP contribution in [0.15, 0.2) is 23.1 Å². The summed E-state index contributed by atoms with van der Waals surface area (Å²) in [5.41, 5.74) is -0.392. The van der Waals surface area contributed by atoms with Gasteiger partial charge < -0.3 is 5.11 Å². The van der Waals surface area contributed by atoms with Crippen molar-refractivity contribution in [3.8, 4) is 0 Å². The highest BCUT2D eigenvalue weighted by molar-refractivity contribution is 5.71. The molecule has 1 aromatic heterocycles. The van der Waals surface area contributed by atoms with Crippen molar-refractivity contribution in [2.45, 2.75) is 19.4 Å². The Bertz CT molecular complexity index is 358. The maximum Gasteiger partial charge on any atom is 0.328 e. The molecule has 0 fully saturated rings. The second-order valence-corrected chi connectivity index (χ2v) is 2.57. The van der Waals surface area contributed by atoms with Crippen molar-refractivity contribution in [2.24, 2.45) is 0 Å².